The minimum absolute atomic E-state index is 0.188. The Morgan fingerprint density at radius 3 is 1.84 bits per heavy atom. The molecule has 0 aliphatic heterocycles. The number of aryl methyl sites for hydroxylation is 3. The lowest BCUT2D eigenvalue weighted by molar-refractivity contribution is -0.135. The number of carbonyl (C=O) groups excluding carboxylic acids is 2. The summed E-state index contributed by atoms with van der Waals surface area (Å²) in [4.78, 5) is 24.3. The lowest BCUT2D eigenvalue weighted by atomic mass is 10.1. The zero-order chi connectivity index (χ0) is 22.9. The van der Waals surface area contributed by atoms with Crippen molar-refractivity contribution in [3.63, 3.8) is 0 Å². The number of phenols is 1. The summed E-state index contributed by atoms with van der Waals surface area (Å²) in [6.07, 6.45) is 1.55. The molecule has 0 spiro atoms. The molecule has 6 nitrogen and oxygen atoms in total. The standard InChI is InChI=1S/C26H26O6/c1-18-17-23(31-25(28)15-7-20-5-11-22(30-2)12-6-20)13-14-24(18)32-26(29)16-8-19-3-9-21(27)10-4-19/h3-6,9-14,17,27H,7-8,15-16H2,1-2H3. The van der Waals surface area contributed by atoms with E-state index < -0.39 is 0 Å². The van der Waals surface area contributed by atoms with Crippen LogP contribution in [0.25, 0.3) is 0 Å². The lowest BCUT2D eigenvalue weighted by Gasteiger charge is -2.10. The van der Waals surface area contributed by atoms with Gasteiger partial charge >= 0.3 is 11.9 Å². The van der Waals surface area contributed by atoms with Gasteiger partial charge in [-0.25, -0.2) is 0 Å². The second-order valence-corrected chi connectivity index (χ2v) is 7.39. The summed E-state index contributed by atoms with van der Waals surface area (Å²) >= 11 is 0. The highest BCUT2D eigenvalue weighted by atomic mass is 16.5. The molecule has 0 aliphatic rings. The molecule has 0 amide bonds. The average Bonchev–Trinajstić information content (AvgIpc) is 2.79. The number of methoxy groups -OCH3 is 1. The van der Waals surface area contributed by atoms with E-state index in [1.165, 1.54) is 0 Å². The fraction of sp³-hybridized carbons (Fsp3) is 0.231. The molecule has 0 aromatic heterocycles. The number of benzene rings is 3. The van der Waals surface area contributed by atoms with E-state index in [1.54, 1.807) is 56.5 Å². The molecule has 0 saturated heterocycles. The predicted molar refractivity (Wildman–Crippen MR) is 120 cm³/mol. The summed E-state index contributed by atoms with van der Waals surface area (Å²) < 4.78 is 16.0. The first-order valence-electron chi connectivity index (χ1n) is 10.4. The van der Waals surface area contributed by atoms with Crippen LogP contribution in [0.4, 0.5) is 0 Å². The quantitative estimate of drug-likeness (QED) is 0.385. The van der Waals surface area contributed by atoms with E-state index in [0.29, 0.717) is 29.9 Å². The van der Waals surface area contributed by atoms with Crippen LogP contribution in [0, 0.1) is 6.92 Å². The number of phenolic OH excluding ortho intramolecular Hbond substituents is 1. The van der Waals surface area contributed by atoms with Crippen molar-refractivity contribution in [3.05, 3.63) is 83.4 Å². The summed E-state index contributed by atoms with van der Waals surface area (Å²) in [5.41, 5.74) is 2.66. The number of rotatable bonds is 9. The van der Waals surface area contributed by atoms with E-state index >= 15 is 0 Å². The molecule has 0 radical (unpaired) electrons. The van der Waals surface area contributed by atoms with Gasteiger partial charge in [0.05, 0.1) is 7.11 Å². The number of ether oxygens (including phenoxy) is 3. The molecule has 166 valence electrons. The third-order valence-corrected chi connectivity index (χ3v) is 4.93. The molecule has 3 aromatic rings. The molecule has 32 heavy (non-hydrogen) atoms. The lowest BCUT2D eigenvalue weighted by Crippen LogP contribution is -2.11. The SMILES string of the molecule is COc1ccc(CCC(=O)Oc2ccc(OC(=O)CCc3ccc(O)cc3)c(C)c2)cc1. The van der Waals surface area contributed by atoms with Crippen LogP contribution < -0.4 is 14.2 Å². The Kier molecular flexibility index (Phi) is 7.86. The Balaban J connectivity index is 1.47. The zero-order valence-electron chi connectivity index (χ0n) is 18.2. The Hall–Kier alpha value is -3.80. The van der Waals surface area contributed by atoms with Crippen molar-refractivity contribution < 1.29 is 28.9 Å². The smallest absolute Gasteiger partial charge is 0.311 e. The van der Waals surface area contributed by atoms with Crippen molar-refractivity contribution >= 4 is 11.9 Å². The molecular weight excluding hydrogens is 408 g/mol. The molecule has 6 heteroatoms. The predicted octanol–water partition coefficient (Wildman–Crippen LogP) is 4.79. The summed E-state index contributed by atoms with van der Waals surface area (Å²) in [5.74, 6) is 1.11. The minimum Gasteiger partial charge on any atom is -0.508 e. The van der Waals surface area contributed by atoms with E-state index in [4.69, 9.17) is 14.2 Å². The largest absolute Gasteiger partial charge is 0.508 e. The molecule has 0 heterocycles. The molecule has 0 aliphatic carbocycles. The summed E-state index contributed by atoms with van der Waals surface area (Å²) in [6, 6.07) is 19.2. The molecule has 0 unspecified atom stereocenters. The fourth-order valence-corrected chi connectivity index (χ4v) is 3.10. The van der Waals surface area contributed by atoms with Crippen LogP contribution in [-0.2, 0) is 22.4 Å². The molecular formula is C26H26O6. The average molecular weight is 434 g/mol. The normalized spacial score (nSPS) is 10.4. The zero-order valence-corrected chi connectivity index (χ0v) is 18.2. The van der Waals surface area contributed by atoms with Gasteiger partial charge < -0.3 is 19.3 Å². The molecule has 1 N–H and O–H groups in total. The number of esters is 2. The number of aromatic hydroxyl groups is 1. The maximum absolute atomic E-state index is 12.2. The third-order valence-electron chi connectivity index (χ3n) is 4.93. The van der Waals surface area contributed by atoms with Crippen LogP contribution in [-0.4, -0.2) is 24.2 Å². The van der Waals surface area contributed by atoms with Crippen molar-refractivity contribution in [1.29, 1.82) is 0 Å². The van der Waals surface area contributed by atoms with Gasteiger partial charge in [0.25, 0.3) is 0 Å². The van der Waals surface area contributed by atoms with Crippen molar-refractivity contribution in [1.82, 2.24) is 0 Å². The second kappa shape index (κ2) is 11.0. The van der Waals surface area contributed by atoms with E-state index in [2.05, 4.69) is 0 Å². The highest BCUT2D eigenvalue weighted by molar-refractivity contribution is 5.74. The van der Waals surface area contributed by atoms with Gasteiger partial charge in [-0.1, -0.05) is 24.3 Å². The van der Waals surface area contributed by atoms with E-state index in [9.17, 15) is 14.7 Å². The van der Waals surface area contributed by atoms with E-state index in [1.807, 2.05) is 24.3 Å². The minimum atomic E-state index is -0.356. The number of hydrogen-bond acceptors (Lipinski definition) is 6. The van der Waals surface area contributed by atoms with Crippen LogP contribution in [0.3, 0.4) is 0 Å². The van der Waals surface area contributed by atoms with Crippen molar-refractivity contribution in [2.45, 2.75) is 32.6 Å². The summed E-state index contributed by atoms with van der Waals surface area (Å²) in [5, 5.41) is 9.31. The topological polar surface area (TPSA) is 82.1 Å². The first kappa shape index (κ1) is 22.9. The first-order valence-corrected chi connectivity index (χ1v) is 10.4. The van der Waals surface area contributed by atoms with Gasteiger partial charge in [0.15, 0.2) is 0 Å². The molecule has 0 fully saturated rings. The van der Waals surface area contributed by atoms with Crippen molar-refractivity contribution in [3.8, 4) is 23.0 Å². The molecule has 0 atom stereocenters. The highest BCUT2D eigenvalue weighted by Gasteiger charge is 2.11. The van der Waals surface area contributed by atoms with Crippen LogP contribution >= 0.6 is 0 Å². The van der Waals surface area contributed by atoms with Gasteiger partial charge in [-0.15, -0.1) is 0 Å². The number of hydrogen-bond donors (Lipinski definition) is 1. The highest BCUT2D eigenvalue weighted by Crippen LogP contribution is 2.24. The Morgan fingerprint density at radius 1 is 0.750 bits per heavy atom. The van der Waals surface area contributed by atoms with Gasteiger partial charge in [0.2, 0.25) is 0 Å². The Labute approximate surface area is 187 Å². The van der Waals surface area contributed by atoms with E-state index in [-0.39, 0.29) is 30.5 Å². The third kappa shape index (κ3) is 6.87. The number of carbonyl (C=O) groups is 2. The summed E-state index contributed by atoms with van der Waals surface area (Å²) in [6.45, 7) is 1.79. The van der Waals surface area contributed by atoms with Gasteiger partial charge in [0, 0.05) is 12.8 Å². The Bertz CT molecular complexity index is 1050. The van der Waals surface area contributed by atoms with Crippen LogP contribution in [0.15, 0.2) is 66.7 Å². The van der Waals surface area contributed by atoms with Gasteiger partial charge in [-0.2, -0.15) is 0 Å². The van der Waals surface area contributed by atoms with Crippen LogP contribution in [0.1, 0.15) is 29.5 Å². The van der Waals surface area contributed by atoms with Crippen molar-refractivity contribution in [2.75, 3.05) is 7.11 Å². The fourth-order valence-electron chi connectivity index (χ4n) is 3.10. The maximum atomic E-state index is 12.2. The first-order chi connectivity index (χ1) is 15.4. The molecule has 0 bridgehead atoms. The van der Waals surface area contributed by atoms with Gasteiger partial charge in [0.1, 0.15) is 23.0 Å². The van der Waals surface area contributed by atoms with Crippen LogP contribution in [0.2, 0.25) is 0 Å². The summed E-state index contributed by atoms with van der Waals surface area (Å²) in [7, 11) is 1.61. The molecule has 0 saturated carbocycles. The Morgan fingerprint density at radius 2 is 1.28 bits per heavy atom. The van der Waals surface area contributed by atoms with E-state index in [0.717, 1.165) is 16.9 Å². The maximum Gasteiger partial charge on any atom is 0.311 e. The molecule has 3 rings (SSSR count). The van der Waals surface area contributed by atoms with Crippen LogP contribution in [0.5, 0.6) is 23.0 Å². The van der Waals surface area contributed by atoms with Crippen molar-refractivity contribution in [2.24, 2.45) is 0 Å². The van der Waals surface area contributed by atoms with Gasteiger partial charge in [-0.05, 0) is 78.9 Å². The van der Waals surface area contributed by atoms with Gasteiger partial charge in [-0.3, -0.25) is 9.59 Å². The second-order valence-electron chi connectivity index (χ2n) is 7.39. The monoisotopic (exact) mass is 434 g/mol. The molecule has 3 aromatic carbocycles.